The van der Waals surface area contributed by atoms with E-state index < -0.39 is 15.9 Å². The topological polar surface area (TPSA) is 58.2 Å². The van der Waals surface area contributed by atoms with Gasteiger partial charge in [-0.1, -0.05) is 95.5 Å². The van der Waals surface area contributed by atoms with Crippen LogP contribution in [0.15, 0.2) is 66.2 Å². The number of hydrogen-bond donors (Lipinski definition) is 2. The summed E-state index contributed by atoms with van der Waals surface area (Å²) in [7, 11) is 0. The zero-order chi connectivity index (χ0) is 18.0. The van der Waals surface area contributed by atoms with Gasteiger partial charge in [-0.25, -0.2) is 4.79 Å². The van der Waals surface area contributed by atoms with Crippen molar-refractivity contribution in [3.63, 3.8) is 0 Å². The number of alkyl halides is 3. The summed E-state index contributed by atoms with van der Waals surface area (Å²) in [6.45, 7) is 0. The first kappa shape index (κ1) is 17.8. The number of amides is 2. The number of benzene rings is 2. The predicted molar refractivity (Wildman–Crippen MR) is 99.9 cm³/mol. The Morgan fingerprint density at radius 2 is 1.48 bits per heavy atom. The monoisotopic (exact) mass is 394 g/mol. The lowest BCUT2D eigenvalue weighted by atomic mass is 9.91. The van der Waals surface area contributed by atoms with E-state index in [0.717, 1.165) is 0 Å². The second-order valence-electron chi connectivity index (χ2n) is 5.42. The third-order valence-electron chi connectivity index (χ3n) is 3.74. The van der Waals surface area contributed by atoms with Crippen molar-refractivity contribution < 1.29 is 9.59 Å². The van der Waals surface area contributed by atoms with E-state index in [0.29, 0.717) is 16.8 Å². The van der Waals surface area contributed by atoms with Crippen molar-refractivity contribution in [2.75, 3.05) is 0 Å². The van der Waals surface area contributed by atoms with Gasteiger partial charge in [-0.15, -0.1) is 0 Å². The van der Waals surface area contributed by atoms with Crippen molar-refractivity contribution in [1.82, 2.24) is 10.6 Å². The molecule has 1 unspecified atom stereocenters. The lowest BCUT2D eigenvalue weighted by Gasteiger charge is -2.33. The van der Waals surface area contributed by atoms with Crippen LogP contribution >= 0.6 is 34.8 Å². The quantitative estimate of drug-likeness (QED) is 0.600. The molecule has 0 fully saturated rings. The van der Waals surface area contributed by atoms with Gasteiger partial charge >= 0.3 is 6.03 Å². The highest BCUT2D eigenvalue weighted by atomic mass is 35.6. The van der Waals surface area contributed by atoms with Crippen LogP contribution in [0.3, 0.4) is 0 Å². The molecule has 0 spiro atoms. The molecule has 1 aliphatic heterocycles. The number of Topliss-reactive ketones (excluding diaryl/α,β-unsaturated/α-hetero) is 1. The Morgan fingerprint density at radius 3 is 2.04 bits per heavy atom. The van der Waals surface area contributed by atoms with E-state index in [1.807, 2.05) is 6.07 Å². The molecule has 0 saturated heterocycles. The van der Waals surface area contributed by atoms with E-state index in [-0.39, 0.29) is 11.4 Å². The average molecular weight is 396 g/mol. The molecule has 0 radical (unpaired) electrons. The third kappa shape index (κ3) is 3.82. The fraction of sp³-hybridized carbons (Fsp3) is 0.111. The minimum absolute atomic E-state index is 0.192. The number of nitrogens with one attached hydrogen (secondary N) is 2. The molecule has 0 aromatic heterocycles. The summed E-state index contributed by atoms with van der Waals surface area (Å²) < 4.78 is -1.89. The number of halogens is 3. The normalized spacial score (nSPS) is 17.7. The Bertz CT molecular complexity index is 830. The van der Waals surface area contributed by atoms with Crippen molar-refractivity contribution in [3.05, 3.63) is 77.4 Å². The zero-order valence-corrected chi connectivity index (χ0v) is 15.1. The molecule has 0 aliphatic carbocycles. The van der Waals surface area contributed by atoms with Crippen molar-refractivity contribution >= 4 is 52.3 Å². The van der Waals surface area contributed by atoms with Gasteiger partial charge in [0.2, 0.25) is 3.79 Å². The molecule has 4 nitrogen and oxygen atoms in total. The van der Waals surface area contributed by atoms with E-state index in [4.69, 9.17) is 34.8 Å². The van der Waals surface area contributed by atoms with E-state index in [1.54, 1.807) is 54.6 Å². The highest BCUT2D eigenvalue weighted by Crippen LogP contribution is 2.38. The Morgan fingerprint density at radius 1 is 0.920 bits per heavy atom. The highest BCUT2D eigenvalue weighted by molar-refractivity contribution is 6.68. The van der Waals surface area contributed by atoms with Crippen LogP contribution in [0.25, 0.3) is 5.70 Å². The van der Waals surface area contributed by atoms with Crippen LogP contribution in [0.4, 0.5) is 4.79 Å². The van der Waals surface area contributed by atoms with Gasteiger partial charge in [0.15, 0.2) is 5.78 Å². The summed E-state index contributed by atoms with van der Waals surface area (Å²) in [5.41, 5.74) is 1.60. The van der Waals surface area contributed by atoms with Gasteiger partial charge in [-0.2, -0.15) is 0 Å². The van der Waals surface area contributed by atoms with Crippen LogP contribution in [0.1, 0.15) is 15.9 Å². The number of carbonyl (C=O) groups is 2. The molecular weight excluding hydrogens is 383 g/mol. The van der Waals surface area contributed by atoms with Gasteiger partial charge in [-0.3, -0.25) is 4.79 Å². The smallest absolute Gasteiger partial charge is 0.319 e. The zero-order valence-electron chi connectivity index (χ0n) is 12.8. The maximum atomic E-state index is 13.1. The SMILES string of the molecule is O=C1NC(c2ccccc2)=C(C(=O)c2ccccc2)C(C(Cl)(Cl)Cl)N1. The minimum Gasteiger partial charge on any atom is -0.326 e. The first-order chi connectivity index (χ1) is 11.9. The van der Waals surface area contributed by atoms with Crippen LogP contribution in [-0.2, 0) is 0 Å². The lowest BCUT2D eigenvalue weighted by Crippen LogP contribution is -2.54. The van der Waals surface area contributed by atoms with Gasteiger partial charge in [0.1, 0.15) is 6.04 Å². The number of rotatable bonds is 3. The molecular formula is C18H13Cl3N2O2. The number of carbonyl (C=O) groups excluding carboxylic acids is 2. The Balaban J connectivity index is 2.22. The largest absolute Gasteiger partial charge is 0.326 e. The molecule has 1 atom stereocenters. The van der Waals surface area contributed by atoms with E-state index in [2.05, 4.69) is 10.6 Å². The van der Waals surface area contributed by atoms with Crippen LogP contribution in [-0.4, -0.2) is 21.6 Å². The fourth-order valence-corrected chi connectivity index (χ4v) is 3.12. The van der Waals surface area contributed by atoms with Crippen molar-refractivity contribution in [3.8, 4) is 0 Å². The molecule has 2 N–H and O–H groups in total. The van der Waals surface area contributed by atoms with Gasteiger partial charge in [-0.05, 0) is 5.56 Å². The molecule has 128 valence electrons. The van der Waals surface area contributed by atoms with Crippen LogP contribution in [0, 0.1) is 0 Å². The summed E-state index contributed by atoms with van der Waals surface area (Å²) in [6, 6.07) is 16.0. The molecule has 0 bridgehead atoms. The fourth-order valence-electron chi connectivity index (χ4n) is 2.63. The van der Waals surface area contributed by atoms with E-state index in [9.17, 15) is 9.59 Å². The number of urea groups is 1. The molecule has 1 heterocycles. The predicted octanol–water partition coefficient (Wildman–Crippen LogP) is 4.33. The van der Waals surface area contributed by atoms with Crippen molar-refractivity contribution in [1.29, 1.82) is 0 Å². The lowest BCUT2D eigenvalue weighted by molar-refractivity contribution is 0.102. The van der Waals surface area contributed by atoms with E-state index >= 15 is 0 Å². The molecule has 0 saturated carbocycles. The summed E-state index contributed by atoms with van der Waals surface area (Å²) in [4.78, 5) is 25.2. The minimum atomic E-state index is -1.89. The Hall–Kier alpha value is -2.01. The standard InChI is InChI=1S/C18H13Cl3N2O2/c19-18(20,21)16-13(15(24)12-9-5-2-6-10-12)14(22-17(25)23-16)11-7-3-1-4-8-11/h1-10,16H,(H2,22,23,25). The Kier molecular flexibility index (Phi) is 5.04. The summed E-state index contributed by atoms with van der Waals surface area (Å²) in [5.74, 6) is -0.330. The molecule has 2 amide bonds. The van der Waals surface area contributed by atoms with Crippen LogP contribution in [0.5, 0.6) is 0 Å². The van der Waals surface area contributed by atoms with Gasteiger partial charge in [0.05, 0.1) is 11.3 Å². The first-order valence-corrected chi connectivity index (χ1v) is 8.55. The van der Waals surface area contributed by atoms with Crippen molar-refractivity contribution in [2.24, 2.45) is 0 Å². The average Bonchev–Trinajstić information content (AvgIpc) is 2.61. The molecule has 7 heteroatoms. The van der Waals surface area contributed by atoms with Gasteiger partial charge < -0.3 is 10.6 Å². The maximum Gasteiger partial charge on any atom is 0.319 e. The summed E-state index contributed by atoms with van der Waals surface area (Å²) >= 11 is 18.2. The molecule has 2 aromatic carbocycles. The van der Waals surface area contributed by atoms with Crippen LogP contribution < -0.4 is 10.6 Å². The third-order valence-corrected chi connectivity index (χ3v) is 4.40. The number of ketones is 1. The van der Waals surface area contributed by atoms with Gasteiger partial charge in [0.25, 0.3) is 0 Å². The maximum absolute atomic E-state index is 13.1. The van der Waals surface area contributed by atoms with E-state index in [1.165, 1.54) is 0 Å². The summed E-state index contributed by atoms with van der Waals surface area (Å²) in [6.07, 6.45) is 0. The second-order valence-corrected chi connectivity index (χ2v) is 7.79. The molecule has 2 aromatic rings. The molecule has 25 heavy (non-hydrogen) atoms. The second kappa shape index (κ2) is 7.08. The molecule has 1 aliphatic rings. The molecule has 3 rings (SSSR count). The van der Waals surface area contributed by atoms with Crippen LogP contribution in [0.2, 0.25) is 0 Å². The number of hydrogen-bond acceptors (Lipinski definition) is 2. The first-order valence-electron chi connectivity index (χ1n) is 7.41. The highest BCUT2D eigenvalue weighted by Gasteiger charge is 2.44. The van der Waals surface area contributed by atoms with Crippen molar-refractivity contribution in [2.45, 2.75) is 9.83 Å². The summed E-state index contributed by atoms with van der Waals surface area (Å²) in [5, 5.41) is 5.20. The van der Waals surface area contributed by atoms with Gasteiger partial charge in [0, 0.05) is 5.56 Å². The Labute approximate surface area is 159 Å².